The van der Waals surface area contributed by atoms with Gasteiger partial charge in [-0.15, -0.1) is 0 Å². The number of alkyl halides is 3. The first kappa shape index (κ1) is 29.1. The third-order valence-corrected chi connectivity index (χ3v) is 6.08. The first-order valence-electron chi connectivity index (χ1n) is 12.0. The van der Waals surface area contributed by atoms with Gasteiger partial charge in [0.05, 0.1) is 37.8 Å². The van der Waals surface area contributed by atoms with Gasteiger partial charge in [0, 0.05) is 16.7 Å². The molecule has 11 heteroatoms. The maximum Gasteiger partial charge on any atom is 0.424 e. The number of carbonyl (C=O) groups excluding carboxylic acids is 1. The number of halogens is 4. The molecule has 1 saturated carbocycles. The fourth-order valence-electron chi connectivity index (χ4n) is 3.65. The highest BCUT2D eigenvalue weighted by Crippen LogP contribution is 2.39. The Labute approximate surface area is 217 Å². The molecule has 1 aliphatic carbocycles. The number of aliphatic hydroxyl groups excluding tert-OH is 1. The highest BCUT2D eigenvalue weighted by atomic mass is 19.4. The highest BCUT2D eigenvalue weighted by molar-refractivity contribution is 5.93. The maximum absolute atomic E-state index is 14.2. The Morgan fingerprint density at radius 1 is 1.18 bits per heavy atom. The second-order valence-electron chi connectivity index (χ2n) is 8.87. The topological polar surface area (TPSA) is 101 Å². The minimum absolute atomic E-state index is 0.0610. The zero-order chi connectivity index (χ0) is 28.1. The molecule has 1 aliphatic rings. The van der Waals surface area contributed by atoms with Crippen LogP contribution in [-0.4, -0.2) is 47.0 Å². The van der Waals surface area contributed by atoms with Crippen LogP contribution in [0.25, 0.3) is 11.3 Å². The van der Waals surface area contributed by atoms with Gasteiger partial charge in [0.15, 0.2) is 5.76 Å². The lowest BCUT2D eigenvalue weighted by atomic mass is 9.95. The second-order valence-corrected chi connectivity index (χ2v) is 8.87. The summed E-state index contributed by atoms with van der Waals surface area (Å²) in [6.45, 7) is 1.53. The van der Waals surface area contributed by atoms with Gasteiger partial charge in [0.2, 0.25) is 11.5 Å². The SMILES string of the molecule is CCC(=CC(OC)=C(C)OC1CC1)C(=O)NCC(O)(c1ccc(CO)c(-c2ccc(F)cc2)n1)C(F)(F)F. The van der Waals surface area contributed by atoms with Crippen LogP contribution in [0.3, 0.4) is 0 Å². The summed E-state index contributed by atoms with van der Waals surface area (Å²) < 4.78 is 66.9. The van der Waals surface area contributed by atoms with E-state index in [0.29, 0.717) is 5.76 Å². The lowest BCUT2D eigenvalue weighted by Crippen LogP contribution is -2.51. The number of methoxy groups -OCH3 is 1. The molecule has 0 aliphatic heterocycles. The van der Waals surface area contributed by atoms with E-state index in [2.05, 4.69) is 10.3 Å². The number of nitrogens with zero attached hydrogens (tertiary/aromatic N) is 1. The number of amides is 1. The number of pyridine rings is 1. The molecule has 1 aromatic carbocycles. The van der Waals surface area contributed by atoms with Crippen LogP contribution in [0.4, 0.5) is 17.6 Å². The third kappa shape index (κ3) is 6.70. The van der Waals surface area contributed by atoms with Crippen molar-refractivity contribution in [2.45, 2.75) is 57.6 Å². The molecule has 2 aromatic rings. The van der Waals surface area contributed by atoms with Crippen molar-refractivity contribution in [3.8, 4) is 11.3 Å². The van der Waals surface area contributed by atoms with Crippen molar-refractivity contribution in [2.24, 2.45) is 0 Å². The molecule has 0 spiro atoms. The van der Waals surface area contributed by atoms with E-state index >= 15 is 0 Å². The van der Waals surface area contributed by atoms with Crippen LogP contribution < -0.4 is 5.32 Å². The van der Waals surface area contributed by atoms with Gasteiger partial charge in [-0.05, 0) is 62.6 Å². The lowest BCUT2D eigenvalue weighted by Gasteiger charge is -2.31. The number of hydrogen-bond donors (Lipinski definition) is 3. The summed E-state index contributed by atoms with van der Waals surface area (Å²) in [5.74, 6) is -0.692. The molecule has 0 saturated heterocycles. The number of rotatable bonds is 11. The molecule has 1 fully saturated rings. The lowest BCUT2D eigenvalue weighted by molar-refractivity contribution is -0.265. The molecule has 3 N–H and O–H groups in total. The molecule has 7 nitrogen and oxygen atoms in total. The first-order chi connectivity index (χ1) is 17.9. The number of aliphatic hydroxyl groups is 2. The molecular formula is C27H30F4N2O5. The number of aromatic nitrogens is 1. The van der Waals surface area contributed by atoms with Crippen LogP contribution in [0.2, 0.25) is 0 Å². The molecule has 1 aromatic heterocycles. The van der Waals surface area contributed by atoms with Crippen molar-refractivity contribution >= 4 is 5.91 Å². The Kier molecular flexibility index (Phi) is 9.16. The molecule has 3 rings (SSSR count). The summed E-state index contributed by atoms with van der Waals surface area (Å²) in [5, 5.41) is 22.6. The average Bonchev–Trinajstić information content (AvgIpc) is 3.71. The van der Waals surface area contributed by atoms with Crippen molar-refractivity contribution in [1.82, 2.24) is 10.3 Å². The minimum Gasteiger partial charge on any atom is -0.493 e. The monoisotopic (exact) mass is 538 g/mol. The summed E-state index contributed by atoms with van der Waals surface area (Å²) in [5.41, 5.74) is -3.89. The van der Waals surface area contributed by atoms with E-state index in [0.717, 1.165) is 31.0 Å². The van der Waals surface area contributed by atoms with E-state index in [-0.39, 0.29) is 40.7 Å². The molecule has 0 bridgehead atoms. The van der Waals surface area contributed by atoms with Crippen LogP contribution in [0.1, 0.15) is 44.4 Å². The summed E-state index contributed by atoms with van der Waals surface area (Å²) in [6, 6.07) is 6.90. The number of hydrogen-bond acceptors (Lipinski definition) is 6. The smallest absolute Gasteiger partial charge is 0.424 e. The van der Waals surface area contributed by atoms with Crippen molar-refractivity contribution < 1.29 is 42.0 Å². The first-order valence-corrected chi connectivity index (χ1v) is 12.0. The molecule has 0 radical (unpaired) electrons. The maximum atomic E-state index is 14.2. The van der Waals surface area contributed by atoms with Gasteiger partial charge >= 0.3 is 6.18 Å². The molecule has 1 unspecified atom stereocenters. The Bertz CT molecular complexity index is 1210. The number of benzene rings is 1. The van der Waals surface area contributed by atoms with Crippen molar-refractivity contribution in [1.29, 1.82) is 0 Å². The summed E-state index contributed by atoms with van der Waals surface area (Å²) in [4.78, 5) is 16.8. The molecule has 38 heavy (non-hydrogen) atoms. The Balaban J connectivity index is 1.91. The van der Waals surface area contributed by atoms with Crippen LogP contribution in [0.5, 0.6) is 0 Å². The van der Waals surface area contributed by atoms with E-state index in [4.69, 9.17) is 9.47 Å². The van der Waals surface area contributed by atoms with Gasteiger partial charge in [-0.1, -0.05) is 13.0 Å². The van der Waals surface area contributed by atoms with E-state index in [9.17, 15) is 32.6 Å². The quantitative estimate of drug-likeness (QED) is 0.167. The van der Waals surface area contributed by atoms with Gasteiger partial charge in [0.25, 0.3) is 0 Å². The zero-order valence-electron chi connectivity index (χ0n) is 21.2. The van der Waals surface area contributed by atoms with Crippen LogP contribution in [-0.2, 0) is 26.5 Å². The fraction of sp³-hybridized carbons (Fsp3) is 0.407. The summed E-state index contributed by atoms with van der Waals surface area (Å²) >= 11 is 0. The van der Waals surface area contributed by atoms with E-state index < -0.39 is 42.3 Å². The fourth-order valence-corrected chi connectivity index (χ4v) is 3.65. The molecular weight excluding hydrogens is 508 g/mol. The average molecular weight is 539 g/mol. The largest absolute Gasteiger partial charge is 0.493 e. The number of ether oxygens (including phenoxy) is 2. The summed E-state index contributed by atoms with van der Waals surface area (Å²) in [6.07, 6.45) is -1.77. The van der Waals surface area contributed by atoms with E-state index in [1.807, 2.05) is 0 Å². The van der Waals surface area contributed by atoms with E-state index in [1.165, 1.54) is 31.4 Å². The predicted molar refractivity (Wildman–Crippen MR) is 131 cm³/mol. The normalized spacial score (nSPS) is 16.4. The molecule has 1 atom stereocenters. The van der Waals surface area contributed by atoms with Gasteiger partial charge in [0.1, 0.15) is 11.6 Å². The van der Waals surface area contributed by atoms with Crippen molar-refractivity contribution in [2.75, 3.05) is 13.7 Å². The summed E-state index contributed by atoms with van der Waals surface area (Å²) in [7, 11) is 1.39. The van der Waals surface area contributed by atoms with E-state index in [1.54, 1.807) is 13.8 Å². The number of nitrogens with one attached hydrogen (secondary N) is 1. The predicted octanol–water partition coefficient (Wildman–Crippen LogP) is 4.64. The molecule has 206 valence electrons. The van der Waals surface area contributed by atoms with Crippen LogP contribution in [0.15, 0.2) is 59.6 Å². The van der Waals surface area contributed by atoms with Gasteiger partial charge in [-0.2, -0.15) is 13.2 Å². The van der Waals surface area contributed by atoms with Gasteiger partial charge in [-0.3, -0.25) is 4.79 Å². The Morgan fingerprint density at radius 3 is 2.37 bits per heavy atom. The highest BCUT2D eigenvalue weighted by Gasteiger charge is 2.56. The van der Waals surface area contributed by atoms with Gasteiger partial charge < -0.3 is 25.0 Å². The number of allylic oxidation sites excluding steroid dienone is 2. The Morgan fingerprint density at radius 2 is 1.84 bits per heavy atom. The zero-order valence-corrected chi connectivity index (χ0v) is 21.2. The third-order valence-electron chi connectivity index (χ3n) is 6.08. The molecule has 1 heterocycles. The number of carbonyl (C=O) groups is 1. The van der Waals surface area contributed by atoms with Crippen molar-refractivity contribution in [3.63, 3.8) is 0 Å². The minimum atomic E-state index is -5.23. The standard InChI is InChI=1S/C27H30F4N2O5/c1-4-17(13-22(37-3)16(2)38-21-10-11-21)25(35)32-15-26(36,27(29,30)31)23-12-7-19(14-34)24(33-23)18-5-8-20(28)9-6-18/h5-9,12-13,21,34,36H,4,10-11,14-15H2,1-3H3,(H,32,35). The van der Waals surface area contributed by atoms with Crippen LogP contribution >= 0.6 is 0 Å². The Hall–Kier alpha value is -3.44. The van der Waals surface area contributed by atoms with Gasteiger partial charge in [-0.25, -0.2) is 9.37 Å². The van der Waals surface area contributed by atoms with Crippen molar-refractivity contribution in [3.05, 3.63) is 76.6 Å². The van der Waals surface area contributed by atoms with Crippen LogP contribution in [0, 0.1) is 5.82 Å². The molecule has 1 amide bonds. The second kappa shape index (κ2) is 12.0.